The Kier molecular flexibility index (Phi) is 6.78. The van der Waals surface area contributed by atoms with Crippen LogP contribution in [-0.4, -0.2) is 11.8 Å². The molecule has 0 spiro atoms. The normalized spacial score (nSPS) is 22.2. The van der Waals surface area contributed by atoms with Gasteiger partial charge in [0.1, 0.15) is 12.1 Å². The lowest BCUT2D eigenvalue weighted by Crippen LogP contribution is -2.13. The molecule has 0 N–H and O–H groups in total. The molecule has 2 aliphatic rings. The van der Waals surface area contributed by atoms with Crippen LogP contribution in [-0.2, 0) is 9.47 Å². The van der Waals surface area contributed by atoms with Gasteiger partial charge in [0.2, 0.25) is 0 Å². The predicted octanol–water partition coefficient (Wildman–Crippen LogP) is 8.43. The van der Waals surface area contributed by atoms with E-state index in [-0.39, 0.29) is 24.3 Å². The minimum absolute atomic E-state index is 0.121. The number of aliphatic imine (C=N–C) groups is 2. The summed E-state index contributed by atoms with van der Waals surface area (Å²) >= 11 is 0. The van der Waals surface area contributed by atoms with Crippen molar-refractivity contribution in [1.29, 1.82) is 0 Å². The highest BCUT2D eigenvalue weighted by molar-refractivity contribution is 5.98. The molecule has 0 saturated heterocycles. The second-order valence-corrected chi connectivity index (χ2v) is 10.8. The zero-order valence-electron chi connectivity index (χ0n) is 23.0. The van der Waals surface area contributed by atoms with Crippen LogP contribution in [0.1, 0.15) is 75.2 Å². The van der Waals surface area contributed by atoms with Crippen LogP contribution in [0.4, 0.5) is 0 Å². The Bertz CT molecular complexity index is 1450. The largest absolute Gasteiger partial charge is 0.470 e. The van der Waals surface area contributed by atoms with E-state index < -0.39 is 0 Å². The lowest BCUT2D eigenvalue weighted by molar-refractivity contribution is 0.183. The Morgan fingerprint density at radius 1 is 0.487 bits per heavy atom. The molecule has 2 heterocycles. The number of hydrogen-bond acceptors (Lipinski definition) is 4. The molecule has 0 fully saturated rings. The van der Waals surface area contributed by atoms with Crippen LogP contribution in [0.25, 0.3) is 0 Å². The summed E-state index contributed by atoms with van der Waals surface area (Å²) in [5.74, 6) is 1.33. The Labute approximate surface area is 231 Å². The van der Waals surface area contributed by atoms with Gasteiger partial charge in [-0.25, -0.2) is 9.98 Å². The van der Waals surface area contributed by atoms with Gasteiger partial charge in [-0.05, 0) is 49.9 Å². The van der Waals surface area contributed by atoms with Crippen LogP contribution in [0.15, 0.2) is 107 Å². The molecule has 0 aromatic heterocycles. The van der Waals surface area contributed by atoms with Gasteiger partial charge < -0.3 is 9.47 Å². The number of aryl methyl sites for hydroxylation is 4. The molecule has 0 saturated carbocycles. The highest BCUT2D eigenvalue weighted by Gasteiger charge is 2.38. The van der Waals surface area contributed by atoms with Crippen molar-refractivity contribution in [3.8, 4) is 0 Å². The lowest BCUT2D eigenvalue weighted by atomic mass is 9.95. The maximum absolute atomic E-state index is 6.58. The molecule has 196 valence electrons. The molecule has 4 nitrogen and oxygen atoms in total. The van der Waals surface area contributed by atoms with Gasteiger partial charge >= 0.3 is 0 Å². The van der Waals surface area contributed by atoms with E-state index in [1.807, 2.05) is 0 Å². The molecular formula is C35H34N2O2. The number of ether oxygens (including phenoxy) is 2. The number of nitrogens with zero attached hydrogens (tertiary/aromatic N) is 2. The number of hydrogen-bond donors (Lipinski definition) is 0. The topological polar surface area (TPSA) is 43.2 Å². The summed E-state index contributed by atoms with van der Waals surface area (Å²) in [6, 6.07) is 33.9. The maximum atomic E-state index is 6.58. The summed E-state index contributed by atoms with van der Waals surface area (Å²) in [5, 5.41) is 0. The molecule has 0 radical (unpaired) electrons. The molecule has 0 aliphatic carbocycles. The summed E-state index contributed by atoms with van der Waals surface area (Å²) in [5.41, 5.74) is 9.40. The third-order valence-electron chi connectivity index (χ3n) is 7.48. The van der Waals surface area contributed by atoms with Gasteiger partial charge in [0.25, 0.3) is 0 Å². The molecule has 0 bridgehead atoms. The molecular weight excluding hydrogens is 480 g/mol. The van der Waals surface area contributed by atoms with Gasteiger partial charge in [0.15, 0.2) is 24.0 Å². The summed E-state index contributed by atoms with van der Waals surface area (Å²) in [6.45, 7) is 8.45. The van der Waals surface area contributed by atoms with Crippen LogP contribution in [0.2, 0.25) is 0 Å². The highest BCUT2D eigenvalue weighted by atomic mass is 16.5. The molecule has 4 heteroatoms. The first-order valence-electron chi connectivity index (χ1n) is 13.7. The van der Waals surface area contributed by atoms with E-state index in [9.17, 15) is 0 Å². The first kappa shape index (κ1) is 25.1. The summed E-state index contributed by atoms with van der Waals surface area (Å²) in [7, 11) is 0. The van der Waals surface area contributed by atoms with Crippen LogP contribution in [0.3, 0.4) is 0 Å². The van der Waals surface area contributed by atoms with Gasteiger partial charge in [-0.1, -0.05) is 119 Å². The minimum Gasteiger partial charge on any atom is -0.470 e. The average Bonchev–Trinajstić information content (AvgIpc) is 3.54. The van der Waals surface area contributed by atoms with Crippen molar-refractivity contribution in [3.05, 3.63) is 142 Å². The van der Waals surface area contributed by atoms with E-state index in [1.165, 1.54) is 22.3 Å². The Balaban J connectivity index is 1.32. The van der Waals surface area contributed by atoms with Crippen molar-refractivity contribution in [1.82, 2.24) is 0 Å². The fourth-order valence-corrected chi connectivity index (χ4v) is 5.63. The second-order valence-electron chi connectivity index (χ2n) is 10.8. The minimum atomic E-state index is -0.191. The van der Waals surface area contributed by atoms with Crippen molar-refractivity contribution in [2.75, 3.05) is 0 Å². The van der Waals surface area contributed by atoms with Crippen molar-refractivity contribution in [3.63, 3.8) is 0 Å². The SMILES string of the molecule is Cc1cccc(C2N=C(CC3=NC(c4cccc(C)c4)C(c4cccc(C)c4)O3)OC2c2cccc(C)c2)c1. The number of rotatable bonds is 6. The van der Waals surface area contributed by atoms with E-state index in [1.54, 1.807) is 0 Å². The third kappa shape index (κ3) is 5.37. The fourth-order valence-electron chi connectivity index (χ4n) is 5.63. The maximum Gasteiger partial charge on any atom is 0.194 e. The van der Waals surface area contributed by atoms with E-state index in [2.05, 4.69) is 125 Å². The first-order valence-corrected chi connectivity index (χ1v) is 13.7. The van der Waals surface area contributed by atoms with E-state index in [0.717, 1.165) is 22.3 Å². The molecule has 4 aromatic carbocycles. The summed E-state index contributed by atoms with van der Waals surface area (Å²) < 4.78 is 13.2. The van der Waals surface area contributed by atoms with Crippen molar-refractivity contribution >= 4 is 11.8 Å². The average molecular weight is 515 g/mol. The zero-order chi connectivity index (χ0) is 26.9. The summed E-state index contributed by atoms with van der Waals surface area (Å²) in [4.78, 5) is 10.2. The van der Waals surface area contributed by atoms with Gasteiger partial charge in [-0.15, -0.1) is 0 Å². The van der Waals surface area contributed by atoms with Crippen LogP contribution >= 0.6 is 0 Å². The molecule has 2 aliphatic heterocycles. The van der Waals surface area contributed by atoms with Gasteiger partial charge in [0.05, 0.1) is 6.42 Å². The van der Waals surface area contributed by atoms with E-state index in [0.29, 0.717) is 18.2 Å². The van der Waals surface area contributed by atoms with Crippen LogP contribution in [0.5, 0.6) is 0 Å². The van der Waals surface area contributed by atoms with Crippen molar-refractivity contribution in [2.45, 2.75) is 58.4 Å². The van der Waals surface area contributed by atoms with Crippen molar-refractivity contribution in [2.24, 2.45) is 9.98 Å². The predicted molar refractivity (Wildman–Crippen MR) is 157 cm³/mol. The van der Waals surface area contributed by atoms with E-state index >= 15 is 0 Å². The van der Waals surface area contributed by atoms with Crippen molar-refractivity contribution < 1.29 is 9.47 Å². The molecule has 0 amide bonds. The smallest absolute Gasteiger partial charge is 0.194 e. The third-order valence-corrected chi connectivity index (χ3v) is 7.48. The van der Waals surface area contributed by atoms with E-state index in [4.69, 9.17) is 19.5 Å². The number of benzene rings is 4. The summed E-state index contributed by atoms with van der Waals surface area (Å²) in [6.07, 6.45) is 0.0441. The fraction of sp³-hybridized carbons (Fsp3) is 0.257. The zero-order valence-corrected chi connectivity index (χ0v) is 23.0. The Hall–Kier alpha value is -4.18. The standard InChI is InChI=1S/C35H34N2O2/c1-22-9-5-13-26(17-22)32-34(28-15-7-11-24(3)19-28)38-30(36-32)21-31-37-33(27-14-6-10-23(2)18-27)35(39-31)29-16-8-12-25(4)20-29/h5-20,32-35H,21H2,1-4H3. The molecule has 39 heavy (non-hydrogen) atoms. The Morgan fingerprint density at radius 2 is 0.821 bits per heavy atom. The monoisotopic (exact) mass is 514 g/mol. The van der Waals surface area contributed by atoms with Crippen LogP contribution in [0, 0.1) is 27.7 Å². The molecule has 4 atom stereocenters. The van der Waals surface area contributed by atoms with Gasteiger partial charge in [-0.3, -0.25) is 0 Å². The second kappa shape index (κ2) is 10.5. The first-order chi connectivity index (χ1) is 18.9. The van der Waals surface area contributed by atoms with Gasteiger partial charge in [-0.2, -0.15) is 0 Å². The molecule has 6 rings (SSSR count). The van der Waals surface area contributed by atoms with Gasteiger partial charge in [0, 0.05) is 0 Å². The quantitative estimate of drug-likeness (QED) is 0.259. The highest BCUT2D eigenvalue weighted by Crippen LogP contribution is 2.44. The molecule has 4 aromatic rings. The Morgan fingerprint density at radius 3 is 1.18 bits per heavy atom. The molecule has 4 unspecified atom stereocenters. The van der Waals surface area contributed by atoms with Crippen LogP contribution < -0.4 is 0 Å². The lowest BCUT2D eigenvalue weighted by Gasteiger charge is -2.20.